The molecule has 4 nitrogen and oxygen atoms in total. The maximum absolute atomic E-state index is 12.4. The van der Waals surface area contributed by atoms with Gasteiger partial charge >= 0.3 is 20.6 Å². The molecular weight excluding hydrogens is 291 g/mol. The van der Waals surface area contributed by atoms with E-state index in [9.17, 15) is 30.9 Å². The standard InChI is InChI=1S/C7H11F6NO3P/c1-5(6(8,9)10,7(11,12)13)3-2-4-16-18(15)17-14/h2-4,14H2,1H3/q+1. The summed E-state index contributed by atoms with van der Waals surface area (Å²) in [5.41, 5.74) is -3.83. The molecule has 0 aromatic rings. The van der Waals surface area contributed by atoms with Gasteiger partial charge in [0.2, 0.25) is 0 Å². The summed E-state index contributed by atoms with van der Waals surface area (Å²) in [6.45, 7) is -0.527. The van der Waals surface area contributed by atoms with E-state index in [0.717, 1.165) is 0 Å². The molecular formula is C7H11F6NO3P+. The second-order valence-electron chi connectivity index (χ2n) is 3.59. The summed E-state index contributed by atoms with van der Waals surface area (Å²) < 4.78 is 92.7. The van der Waals surface area contributed by atoms with Gasteiger partial charge in [0.25, 0.3) is 0 Å². The van der Waals surface area contributed by atoms with E-state index in [1.165, 1.54) is 0 Å². The Morgan fingerprint density at radius 2 is 1.56 bits per heavy atom. The fourth-order valence-electron chi connectivity index (χ4n) is 1.04. The van der Waals surface area contributed by atoms with E-state index in [1.807, 2.05) is 0 Å². The van der Waals surface area contributed by atoms with Crippen LogP contribution in [0.4, 0.5) is 26.3 Å². The number of hydrogen-bond acceptors (Lipinski definition) is 4. The molecule has 0 rings (SSSR count). The molecule has 0 aliphatic carbocycles. The van der Waals surface area contributed by atoms with Gasteiger partial charge in [-0.3, -0.25) is 0 Å². The van der Waals surface area contributed by atoms with E-state index in [1.54, 1.807) is 0 Å². The summed E-state index contributed by atoms with van der Waals surface area (Å²) in [4.78, 5) is 0. The number of hydrogen-bond donors (Lipinski definition) is 1. The molecule has 0 aliphatic heterocycles. The molecule has 0 saturated heterocycles. The van der Waals surface area contributed by atoms with Crippen LogP contribution >= 0.6 is 8.25 Å². The zero-order valence-electron chi connectivity index (χ0n) is 9.14. The van der Waals surface area contributed by atoms with Gasteiger partial charge in [-0.05, 0) is 24.4 Å². The summed E-state index contributed by atoms with van der Waals surface area (Å²) in [7, 11) is -2.72. The van der Waals surface area contributed by atoms with Gasteiger partial charge < -0.3 is 0 Å². The summed E-state index contributed by atoms with van der Waals surface area (Å²) in [5, 5.41) is 0. The number of rotatable bonds is 6. The Labute approximate surface area is 99.3 Å². The Balaban J connectivity index is 4.52. The number of halogens is 6. The van der Waals surface area contributed by atoms with Crippen molar-refractivity contribution in [3.05, 3.63) is 0 Å². The maximum Gasteiger partial charge on any atom is 0.716 e. The molecule has 108 valence electrons. The van der Waals surface area contributed by atoms with Crippen LogP contribution in [0.3, 0.4) is 0 Å². The van der Waals surface area contributed by atoms with Crippen LogP contribution in [-0.4, -0.2) is 19.0 Å². The zero-order chi connectivity index (χ0) is 14.6. The van der Waals surface area contributed by atoms with Crippen LogP contribution in [0.15, 0.2) is 0 Å². The van der Waals surface area contributed by atoms with Crippen LogP contribution < -0.4 is 5.90 Å². The molecule has 0 spiro atoms. The van der Waals surface area contributed by atoms with Crippen molar-refractivity contribution >= 4 is 8.25 Å². The lowest BCUT2D eigenvalue weighted by Crippen LogP contribution is -2.47. The van der Waals surface area contributed by atoms with E-state index in [2.05, 4.69) is 15.0 Å². The van der Waals surface area contributed by atoms with Crippen molar-refractivity contribution in [2.75, 3.05) is 6.61 Å². The van der Waals surface area contributed by atoms with E-state index >= 15 is 0 Å². The molecule has 0 fully saturated rings. The lowest BCUT2D eigenvalue weighted by molar-refractivity contribution is -0.336. The van der Waals surface area contributed by atoms with Crippen molar-refractivity contribution in [1.29, 1.82) is 0 Å². The van der Waals surface area contributed by atoms with Gasteiger partial charge in [-0.15, -0.1) is 4.52 Å². The lowest BCUT2D eigenvalue weighted by Gasteiger charge is -2.33. The third-order valence-corrected chi connectivity index (χ3v) is 2.92. The van der Waals surface area contributed by atoms with Gasteiger partial charge in [0, 0.05) is 4.57 Å². The molecule has 0 aliphatic rings. The predicted octanol–water partition coefficient (Wildman–Crippen LogP) is 3.46. The molecule has 0 bridgehead atoms. The topological polar surface area (TPSA) is 61.5 Å². The minimum atomic E-state index is -5.43. The Morgan fingerprint density at radius 1 is 1.11 bits per heavy atom. The van der Waals surface area contributed by atoms with Gasteiger partial charge in [0.05, 0.1) is 0 Å². The minimum absolute atomic E-state index is 0.0619. The smallest absolute Gasteiger partial charge is 0.170 e. The SMILES string of the molecule is CC(CCCO[P+](=O)ON)(C(F)(F)F)C(F)(F)F. The van der Waals surface area contributed by atoms with Gasteiger partial charge in [0.1, 0.15) is 6.61 Å². The van der Waals surface area contributed by atoms with Crippen LogP contribution in [0.5, 0.6) is 0 Å². The second-order valence-corrected chi connectivity index (χ2v) is 4.51. The number of nitrogens with two attached hydrogens (primary N) is 1. The lowest BCUT2D eigenvalue weighted by atomic mass is 9.84. The minimum Gasteiger partial charge on any atom is -0.170 e. The average molecular weight is 302 g/mol. The molecule has 11 heteroatoms. The molecule has 0 amide bonds. The highest BCUT2D eigenvalue weighted by Crippen LogP contribution is 2.52. The normalized spacial score (nSPS) is 14.8. The Bertz CT molecular complexity index is 278. The Kier molecular flexibility index (Phi) is 5.99. The average Bonchev–Trinajstić information content (AvgIpc) is 2.20. The van der Waals surface area contributed by atoms with E-state index in [0.29, 0.717) is 0 Å². The van der Waals surface area contributed by atoms with Gasteiger partial charge in [-0.25, -0.2) is 0 Å². The first-order valence-electron chi connectivity index (χ1n) is 4.56. The molecule has 1 unspecified atom stereocenters. The Hall–Kier alpha value is -0.440. The van der Waals surface area contributed by atoms with Gasteiger partial charge in [-0.2, -0.15) is 32.2 Å². The van der Waals surface area contributed by atoms with Crippen molar-refractivity contribution in [3.8, 4) is 0 Å². The van der Waals surface area contributed by atoms with Crippen molar-refractivity contribution in [2.24, 2.45) is 11.3 Å². The van der Waals surface area contributed by atoms with Gasteiger partial charge in [0.15, 0.2) is 5.41 Å². The summed E-state index contributed by atoms with van der Waals surface area (Å²) in [6.07, 6.45) is -12.7. The first-order valence-corrected chi connectivity index (χ1v) is 5.65. The van der Waals surface area contributed by atoms with E-state index < -0.39 is 45.5 Å². The predicted molar refractivity (Wildman–Crippen MR) is 48.3 cm³/mol. The fourth-order valence-corrected chi connectivity index (χ4v) is 1.38. The van der Waals surface area contributed by atoms with Crippen molar-refractivity contribution < 1.29 is 40.1 Å². The van der Waals surface area contributed by atoms with Crippen LogP contribution in [0.25, 0.3) is 0 Å². The third kappa shape index (κ3) is 4.34. The first kappa shape index (κ1) is 17.6. The largest absolute Gasteiger partial charge is 0.716 e. The molecule has 18 heavy (non-hydrogen) atoms. The van der Waals surface area contributed by atoms with Crippen LogP contribution in [0, 0.1) is 5.41 Å². The summed E-state index contributed by atoms with van der Waals surface area (Å²) in [6, 6.07) is 0. The molecule has 0 aromatic heterocycles. The monoisotopic (exact) mass is 302 g/mol. The molecule has 2 N–H and O–H groups in total. The molecule has 0 heterocycles. The molecule has 0 saturated carbocycles. The summed E-state index contributed by atoms with van der Waals surface area (Å²) >= 11 is 0. The van der Waals surface area contributed by atoms with Gasteiger partial charge in [-0.1, -0.05) is 0 Å². The summed E-state index contributed by atoms with van der Waals surface area (Å²) in [5.74, 6) is 4.41. The first-order chi connectivity index (χ1) is 7.95. The van der Waals surface area contributed by atoms with Crippen LogP contribution in [0.2, 0.25) is 0 Å². The fraction of sp³-hybridized carbons (Fsp3) is 1.00. The van der Waals surface area contributed by atoms with E-state index in [-0.39, 0.29) is 6.92 Å². The Morgan fingerprint density at radius 3 is 1.89 bits per heavy atom. The molecule has 1 atom stereocenters. The third-order valence-electron chi connectivity index (χ3n) is 2.36. The van der Waals surface area contributed by atoms with Crippen molar-refractivity contribution in [3.63, 3.8) is 0 Å². The molecule has 0 aromatic carbocycles. The highest BCUT2D eigenvalue weighted by atomic mass is 31.1. The van der Waals surface area contributed by atoms with E-state index in [4.69, 9.17) is 0 Å². The molecule has 0 radical (unpaired) electrons. The zero-order valence-corrected chi connectivity index (χ0v) is 10.0. The van der Waals surface area contributed by atoms with Crippen LogP contribution in [0.1, 0.15) is 19.8 Å². The second kappa shape index (κ2) is 6.14. The van der Waals surface area contributed by atoms with Crippen molar-refractivity contribution in [2.45, 2.75) is 32.1 Å². The van der Waals surface area contributed by atoms with Crippen LogP contribution in [-0.2, 0) is 13.7 Å². The maximum atomic E-state index is 12.4. The quantitative estimate of drug-likeness (QED) is 0.353. The number of alkyl halides is 6. The van der Waals surface area contributed by atoms with Crippen molar-refractivity contribution in [1.82, 2.24) is 0 Å². The highest BCUT2D eigenvalue weighted by Gasteiger charge is 2.66. The highest BCUT2D eigenvalue weighted by molar-refractivity contribution is 7.33.